The average Bonchev–Trinajstić information content (AvgIpc) is 2.44. The summed E-state index contributed by atoms with van der Waals surface area (Å²) in [5.74, 6) is 1.24. The molecule has 1 aromatic rings. The van der Waals surface area contributed by atoms with Crippen molar-refractivity contribution in [1.82, 2.24) is 0 Å². The lowest BCUT2D eigenvalue weighted by atomic mass is 10.2. The first kappa shape index (κ1) is 15.5. The van der Waals surface area contributed by atoms with E-state index >= 15 is 0 Å². The van der Waals surface area contributed by atoms with Crippen LogP contribution in [0.4, 0.5) is 0 Å². The van der Waals surface area contributed by atoms with Gasteiger partial charge in [0.05, 0.1) is 13.2 Å². The van der Waals surface area contributed by atoms with Gasteiger partial charge in [0.25, 0.3) is 0 Å². The lowest BCUT2D eigenvalue weighted by Crippen LogP contribution is -2.08. The minimum Gasteiger partial charge on any atom is -0.490 e. The summed E-state index contributed by atoms with van der Waals surface area (Å²) in [5.41, 5.74) is 0.579. The molecule has 0 radical (unpaired) electrons. The number of ether oxygens (including phenoxy) is 3. The SMILES string of the molecule is CCCCOCCOc1ccc(C=O)cc1OCC. The third kappa shape index (κ3) is 5.75. The molecule has 1 rings (SSSR count). The Morgan fingerprint density at radius 1 is 1.05 bits per heavy atom. The second kappa shape index (κ2) is 9.39. The van der Waals surface area contributed by atoms with Gasteiger partial charge in [0.1, 0.15) is 12.9 Å². The molecule has 0 saturated heterocycles. The van der Waals surface area contributed by atoms with E-state index in [0.717, 1.165) is 25.7 Å². The van der Waals surface area contributed by atoms with Crippen molar-refractivity contribution in [2.75, 3.05) is 26.4 Å². The van der Waals surface area contributed by atoms with Crippen molar-refractivity contribution in [3.05, 3.63) is 23.8 Å². The maximum absolute atomic E-state index is 10.7. The third-order valence-electron chi connectivity index (χ3n) is 2.53. The molecule has 0 aromatic heterocycles. The van der Waals surface area contributed by atoms with Gasteiger partial charge in [-0.25, -0.2) is 0 Å². The van der Waals surface area contributed by atoms with Crippen molar-refractivity contribution < 1.29 is 19.0 Å². The number of carbonyl (C=O) groups is 1. The minimum absolute atomic E-state index is 0.476. The van der Waals surface area contributed by atoms with E-state index < -0.39 is 0 Å². The second-order valence-electron chi connectivity index (χ2n) is 4.07. The summed E-state index contributed by atoms with van der Waals surface area (Å²) < 4.78 is 16.5. The van der Waals surface area contributed by atoms with Crippen LogP contribution in [0.25, 0.3) is 0 Å². The number of rotatable bonds is 10. The highest BCUT2D eigenvalue weighted by atomic mass is 16.5. The summed E-state index contributed by atoms with van der Waals surface area (Å²) in [6.07, 6.45) is 2.99. The standard InChI is InChI=1S/C15H22O4/c1-3-5-8-17-9-10-19-14-7-6-13(12-16)11-15(14)18-4-2/h6-7,11-12H,3-5,8-10H2,1-2H3. The quantitative estimate of drug-likeness (QED) is 0.482. The van der Waals surface area contributed by atoms with Gasteiger partial charge in [0.2, 0.25) is 0 Å². The first-order valence-electron chi connectivity index (χ1n) is 6.74. The molecule has 1 aromatic carbocycles. The Morgan fingerprint density at radius 2 is 1.89 bits per heavy atom. The maximum atomic E-state index is 10.7. The van der Waals surface area contributed by atoms with E-state index in [4.69, 9.17) is 14.2 Å². The number of carbonyl (C=O) groups excluding carboxylic acids is 1. The zero-order valence-electron chi connectivity index (χ0n) is 11.7. The highest BCUT2D eigenvalue weighted by molar-refractivity contribution is 5.76. The zero-order valence-corrected chi connectivity index (χ0v) is 11.7. The average molecular weight is 266 g/mol. The molecule has 0 heterocycles. The van der Waals surface area contributed by atoms with E-state index in [1.54, 1.807) is 18.2 Å². The summed E-state index contributed by atoms with van der Waals surface area (Å²) in [4.78, 5) is 10.7. The van der Waals surface area contributed by atoms with Gasteiger partial charge < -0.3 is 14.2 Å². The molecule has 0 N–H and O–H groups in total. The van der Waals surface area contributed by atoms with Crippen molar-refractivity contribution in [3.63, 3.8) is 0 Å². The van der Waals surface area contributed by atoms with Crippen LogP contribution in [0.1, 0.15) is 37.0 Å². The van der Waals surface area contributed by atoms with E-state index in [-0.39, 0.29) is 0 Å². The van der Waals surface area contributed by atoms with E-state index in [1.165, 1.54) is 0 Å². The molecule has 0 aliphatic carbocycles. The summed E-state index contributed by atoms with van der Waals surface area (Å²) in [6, 6.07) is 5.15. The first-order valence-corrected chi connectivity index (χ1v) is 6.74. The highest BCUT2D eigenvalue weighted by Gasteiger charge is 2.06. The summed E-state index contributed by atoms with van der Waals surface area (Å²) in [7, 11) is 0. The van der Waals surface area contributed by atoms with Crippen LogP contribution in [0.15, 0.2) is 18.2 Å². The molecule has 0 atom stereocenters. The van der Waals surface area contributed by atoms with Crippen molar-refractivity contribution in [3.8, 4) is 11.5 Å². The highest BCUT2D eigenvalue weighted by Crippen LogP contribution is 2.27. The number of hydrogen-bond donors (Lipinski definition) is 0. The number of aldehydes is 1. The molecule has 0 spiro atoms. The maximum Gasteiger partial charge on any atom is 0.161 e. The normalized spacial score (nSPS) is 10.2. The molecular weight excluding hydrogens is 244 g/mol. The summed E-state index contributed by atoms with van der Waals surface area (Å²) >= 11 is 0. The van der Waals surface area contributed by atoms with Gasteiger partial charge in [-0.1, -0.05) is 13.3 Å². The van der Waals surface area contributed by atoms with Crippen molar-refractivity contribution in [1.29, 1.82) is 0 Å². The second-order valence-corrected chi connectivity index (χ2v) is 4.07. The Bertz CT molecular complexity index is 376. The Morgan fingerprint density at radius 3 is 2.58 bits per heavy atom. The topological polar surface area (TPSA) is 44.8 Å². The molecule has 106 valence electrons. The smallest absolute Gasteiger partial charge is 0.161 e. The van der Waals surface area contributed by atoms with Crippen LogP contribution < -0.4 is 9.47 Å². The fourth-order valence-corrected chi connectivity index (χ4v) is 1.54. The van der Waals surface area contributed by atoms with Gasteiger partial charge in [0, 0.05) is 12.2 Å². The third-order valence-corrected chi connectivity index (χ3v) is 2.53. The van der Waals surface area contributed by atoms with Gasteiger partial charge in [0.15, 0.2) is 11.5 Å². The molecule has 0 bridgehead atoms. The molecular formula is C15H22O4. The molecule has 0 unspecified atom stereocenters. The Kier molecular flexibility index (Phi) is 7.66. The minimum atomic E-state index is 0.476. The van der Waals surface area contributed by atoms with Gasteiger partial charge in [-0.3, -0.25) is 4.79 Å². The van der Waals surface area contributed by atoms with Crippen LogP contribution in [0.2, 0.25) is 0 Å². The van der Waals surface area contributed by atoms with E-state index in [1.807, 2.05) is 6.92 Å². The van der Waals surface area contributed by atoms with Crippen LogP contribution in [-0.2, 0) is 4.74 Å². The first-order chi connectivity index (χ1) is 9.31. The summed E-state index contributed by atoms with van der Waals surface area (Å²) in [5, 5.41) is 0. The molecule has 4 heteroatoms. The van der Waals surface area contributed by atoms with Gasteiger partial charge >= 0.3 is 0 Å². The van der Waals surface area contributed by atoms with Crippen LogP contribution in [0.5, 0.6) is 11.5 Å². The Hall–Kier alpha value is -1.55. The van der Waals surface area contributed by atoms with Crippen LogP contribution in [-0.4, -0.2) is 32.7 Å². The predicted molar refractivity (Wildman–Crippen MR) is 74.2 cm³/mol. The fourth-order valence-electron chi connectivity index (χ4n) is 1.54. The molecule has 0 saturated carbocycles. The van der Waals surface area contributed by atoms with Gasteiger partial charge in [-0.05, 0) is 31.5 Å². The Labute approximate surface area is 114 Å². The lowest BCUT2D eigenvalue weighted by Gasteiger charge is -2.12. The molecule has 0 amide bonds. The molecule has 19 heavy (non-hydrogen) atoms. The van der Waals surface area contributed by atoms with Crippen LogP contribution in [0, 0.1) is 0 Å². The fraction of sp³-hybridized carbons (Fsp3) is 0.533. The molecule has 0 fully saturated rings. The predicted octanol–water partition coefficient (Wildman–Crippen LogP) is 3.09. The van der Waals surface area contributed by atoms with Crippen molar-refractivity contribution in [2.24, 2.45) is 0 Å². The Balaban J connectivity index is 2.45. The van der Waals surface area contributed by atoms with Crippen LogP contribution >= 0.6 is 0 Å². The lowest BCUT2D eigenvalue weighted by molar-refractivity contribution is 0.0967. The zero-order chi connectivity index (χ0) is 13.9. The van der Waals surface area contributed by atoms with Crippen molar-refractivity contribution >= 4 is 6.29 Å². The number of unbranched alkanes of at least 4 members (excludes halogenated alkanes) is 1. The van der Waals surface area contributed by atoms with Gasteiger partial charge in [-0.15, -0.1) is 0 Å². The molecule has 0 aliphatic rings. The summed E-state index contributed by atoms with van der Waals surface area (Å²) in [6.45, 7) is 6.35. The monoisotopic (exact) mass is 266 g/mol. The van der Waals surface area contributed by atoms with E-state index in [9.17, 15) is 4.79 Å². The molecule has 4 nitrogen and oxygen atoms in total. The van der Waals surface area contributed by atoms with Crippen LogP contribution in [0.3, 0.4) is 0 Å². The van der Waals surface area contributed by atoms with E-state index in [2.05, 4.69) is 6.92 Å². The largest absolute Gasteiger partial charge is 0.490 e. The van der Waals surface area contributed by atoms with E-state index in [0.29, 0.717) is 36.9 Å². The number of hydrogen-bond acceptors (Lipinski definition) is 4. The number of benzene rings is 1. The van der Waals surface area contributed by atoms with Crippen molar-refractivity contribution in [2.45, 2.75) is 26.7 Å². The van der Waals surface area contributed by atoms with Gasteiger partial charge in [-0.2, -0.15) is 0 Å². The molecule has 0 aliphatic heterocycles.